The quantitative estimate of drug-likeness (QED) is 0.171. The standard InChI is InChI=1S/C38H40N6O3S/c1-22(40-21-38-16-23-13-24(17-38)15-25(14-23)18-38)29(19-39)27-9-10-33(42-34(27)36(46)47)44-12-11-26-5-4-6-28(30(26)20-44)35(45)43-37-41-31-7-2-3-8-32(31)48-37/h2-10,19,23-25H,11-18,20-21,39H2,1H3,(H,46,47)(H,41,43,45)/b29-19+,40-22?. The minimum absolute atomic E-state index is 0.0544. The van der Waals surface area contributed by atoms with E-state index in [1.54, 1.807) is 6.07 Å². The number of rotatable bonds is 8. The van der Waals surface area contributed by atoms with Crippen molar-refractivity contribution in [2.75, 3.05) is 23.3 Å². The van der Waals surface area contributed by atoms with Gasteiger partial charge in [0.25, 0.3) is 5.91 Å². The number of nitrogens with one attached hydrogen (secondary N) is 1. The van der Waals surface area contributed by atoms with Gasteiger partial charge in [-0.05, 0) is 116 Å². The largest absolute Gasteiger partial charge is 0.476 e. The lowest BCUT2D eigenvalue weighted by Crippen LogP contribution is -2.47. The number of allylic oxidation sites excluding steroid dienone is 1. The third-order valence-corrected chi connectivity index (χ3v) is 12.1. The van der Waals surface area contributed by atoms with Gasteiger partial charge in [0.05, 0.1) is 10.2 Å². The number of benzene rings is 2. The Bertz CT molecular complexity index is 1930. The molecule has 10 heteroatoms. The SMILES string of the molecule is CC(=NCC12CC3CC(CC(C3)C1)C2)/C(=C\N)c1ccc(N2CCc3cccc(C(=O)Nc4nc5ccccc5s4)c3C2)nc1C(=O)O. The number of thiazole rings is 1. The lowest BCUT2D eigenvalue weighted by molar-refractivity contribution is -0.0464. The summed E-state index contributed by atoms with van der Waals surface area (Å²) in [5, 5.41) is 13.9. The molecule has 1 amide bonds. The first-order valence-corrected chi connectivity index (χ1v) is 17.8. The molecule has 2 aromatic heterocycles. The second-order valence-corrected chi connectivity index (χ2v) is 15.4. The molecular formula is C38H40N6O3S. The average molecular weight is 661 g/mol. The van der Waals surface area contributed by atoms with Gasteiger partial charge in [-0.3, -0.25) is 15.1 Å². The van der Waals surface area contributed by atoms with Gasteiger partial charge < -0.3 is 15.7 Å². The molecule has 4 fully saturated rings. The molecule has 9 rings (SSSR count). The van der Waals surface area contributed by atoms with Gasteiger partial charge in [-0.25, -0.2) is 14.8 Å². The summed E-state index contributed by atoms with van der Waals surface area (Å²) in [6.07, 6.45) is 10.1. The number of aromatic carboxylic acids is 1. The molecule has 0 atom stereocenters. The highest BCUT2D eigenvalue weighted by Gasteiger charge is 2.50. The van der Waals surface area contributed by atoms with E-state index in [0.29, 0.717) is 47.2 Å². The zero-order chi connectivity index (χ0) is 33.0. The third kappa shape index (κ3) is 5.66. The fourth-order valence-electron chi connectivity index (χ4n) is 9.35. The minimum atomic E-state index is -1.12. The summed E-state index contributed by atoms with van der Waals surface area (Å²) < 4.78 is 1.01. The number of para-hydroxylation sites is 1. The smallest absolute Gasteiger partial charge is 0.355 e. The number of aliphatic imine (C=N–C) groups is 1. The van der Waals surface area contributed by atoms with E-state index in [2.05, 4.69) is 15.3 Å². The molecule has 4 aliphatic carbocycles. The van der Waals surface area contributed by atoms with Crippen LogP contribution in [0.2, 0.25) is 0 Å². The molecule has 3 heterocycles. The second kappa shape index (κ2) is 12.1. The van der Waals surface area contributed by atoms with Gasteiger partial charge in [0, 0.05) is 48.2 Å². The van der Waals surface area contributed by atoms with E-state index in [9.17, 15) is 14.7 Å². The van der Waals surface area contributed by atoms with Crippen molar-refractivity contribution < 1.29 is 14.7 Å². The number of amides is 1. The van der Waals surface area contributed by atoms with Crippen molar-refractivity contribution in [3.8, 4) is 0 Å². The third-order valence-electron chi connectivity index (χ3n) is 11.1. The van der Waals surface area contributed by atoms with E-state index in [1.807, 2.05) is 60.4 Å². The van der Waals surface area contributed by atoms with Crippen LogP contribution in [0.3, 0.4) is 0 Å². The molecule has 4 aromatic rings. The molecule has 4 N–H and O–H groups in total. The first-order chi connectivity index (χ1) is 23.3. The van der Waals surface area contributed by atoms with E-state index in [-0.39, 0.29) is 17.0 Å². The summed E-state index contributed by atoms with van der Waals surface area (Å²) in [6, 6.07) is 17.2. The van der Waals surface area contributed by atoms with E-state index in [4.69, 9.17) is 10.7 Å². The number of nitrogens with zero attached hydrogens (tertiary/aromatic N) is 4. The number of carbonyl (C=O) groups excluding carboxylic acids is 1. The molecule has 4 bridgehead atoms. The summed E-state index contributed by atoms with van der Waals surface area (Å²) in [6.45, 7) is 3.78. The van der Waals surface area contributed by atoms with E-state index >= 15 is 0 Å². The van der Waals surface area contributed by atoms with Crippen molar-refractivity contribution in [3.05, 3.63) is 88.7 Å². The van der Waals surface area contributed by atoms with Crippen LogP contribution in [0.1, 0.15) is 83.0 Å². The molecule has 4 saturated carbocycles. The molecule has 0 saturated heterocycles. The Labute approximate surface area is 284 Å². The molecule has 0 radical (unpaired) electrons. The fourth-order valence-corrected chi connectivity index (χ4v) is 10.2. The number of nitrogens with two attached hydrogens (primary N) is 1. The summed E-state index contributed by atoms with van der Waals surface area (Å²) >= 11 is 1.44. The molecule has 0 unspecified atom stereocenters. The van der Waals surface area contributed by atoms with Crippen molar-refractivity contribution >= 4 is 55.7 Å². The van der Waals surface area contributed by atoms with Crippen LogP contribution >= 0.6 is 11.3 Å². The van der Waals surface area contributed by atoms with Crippen LogP contribution in [0.4, 0.5) is 10.9 Å². The van der Waals surface area contributed by atoms with Crippen molar-refractivity contribution in [3.63, 3.8) is 0 Å². The summed E-state index contributed by atoms with van der Waals surface area (Å²) in [5.41, 5.74) is 11.6. The molecule has 0 spiro atoms. The zero-order valence-corrected chi connectivity index (χ0v) is 27.9. The topological polar surface area (TPSA) is 134 Å². The highest BCUT2D eigenvalue weighted by atomic mass is 32.1. The lowest BCUT2D eigenvalue weighted by atomic mass is 9.49. The predicted octanol–water partition coefficient (Wildman–Crippen LogP) is 7.18. The Balaban J connectivity index is 1.02. The summed E-state index contributed by atoms with van der Waals surface area (Å²) in [4.78, 5) is 42.5. The minimum Gasteiger partial charge on any atom is -0.476 e. The molecule has 5 aliphatic rings. The maximum atomic E-state index is 13.5. The van der Waals surface area contributed by atoms with E-state index < -0.39 is 5.97 Å². The average Bonchev–Trinajstić information content (AvgIpc) is 3.49. The van der Waals surface area contributed by atoms with Crippen LogP contribution in [0.25, 0.3) is 15.8 Å². The van der Waals surface area contributed by atoms with Gasteiger partial charge in [-0.1, -0.05) is 35.6 Å². The normalized spacial score (nSPS) is 24.9. The number of fused-ring (bicyclic) bond motifs is 2. The molecular weight excluding hydrogens is 621 g/mol. The van der Waals surface area contributed by atoms with E-state index in [1.165, 1.54) is 56.1 Å². The van der Waals surface area contributed by atoms with Gasteiger partial charge in [0.15, 0.2) is 10.8 Å². The number of carbonyl (C=O) groups is 2. The van der Waals surface area contributed by atoms with Crippen LogP contribution in [0, 0.1) is 23.2 Å². The van der Waals surface area contributed by atoms with Crippen molar-refractivity contribution in [2.45, 2.75) is 58.4 Å². The van der Waals surface area contributed by atoms with Crippen LogP contribution in [-0.4, -0.2) is 45.8 Å². The van der Waals surface area contributed by atoms with Gasteiger partial charge in [0.2, 0.25) is 0 Å². The number of aromatic nitrogens is 2. The van der Waals surface area contributed by atoms with Gasteiger partial charge in [0.1, 0.15) is 5.82 Å². The Kier molecular flexibility index (Phi) is 7.78. The molecule has 9 nitrogen and oxygen atoms in total. The fraction of sp³-hybridized carbons (Fsp3) is 0.395. The predicted molar refractivity (Wildman–Crippen MR) is 191 cm³/mol. The molecule has 1 aliphatic heterocycles. The monoisotopic (exact) mass is 660 g/mol. The Morgan fingerprint density at radius 3 is 2.48 bits per heavy atom. The Hall–Kier alpha value is -4.57. The highest BCUT2D eigenvalue weighted by Crippen LogP contribution is 2.60. The highest BCUT2D eigenvalue weighted by molar-refractivity contribution is 7.22. The Morgan fingerprint density at radius 1 is 1.02 bits per heavy atom. The Morgan fingerprint density at radius 2 is 1.77 bits per heavy atom. The maximum absolute atomic E-state index is 13.5. The van der Waals surface area contributed by atoms with Crippen LogP contribution < -0.4 is 16.0 Å². The van der Waals surface area contributed by atoms with Crippen molar-refractivity contribution in [2.24, 2.45) is 33.9 Å². The van der Waals surface area contributed by atoms with Gasteiger partial charge in [-0.15, -0.1) is 0 Å². The van der Waals surface area contributed by atoms with Crippen LogP contribution in [0.15, 0.2) is 65.8 Å². The molecule has 2 aromatic carbocycles. The first kappa shape index (κ1) is 30.7. The van der Waals surface area contributed by atoms with Crippen LogP contribution in [-0.2, 0) is 13.0 Å². The number of hydrogen-bond acceptors (Lipinski definition) is 8. The number of carboxylic acids is 1. The van der Waals surface area contributed by atoms with Gasteiger partial charge in [-0.2, -0.15) is 0 Å². The zero-order valence-electron chi connectivity index (χ0n) is 27.1. The van der Waals surface area contributed by atoms with Crippen molar-refractivity contribution in [1.29, 1.82) is 0 Å². The number of hydrogen-bond donors (Lipinski definition) is 3. The second-order valence-electron chi connectivity index (χ2n) is 14.3. The maximum Gasteiger partial charge on any atom is 0.355 e. The van der Waals surface area contributed by atoms with Gasteiger partial charge >= 0.3 is 5.97 Å². The van der Waals surface area contributed by atoms with Crippen molar-refractivity contribution in [1.82, 2.24) is 9.97 Å². The van der Waals surface area contributed by atoms with E-state index in [0.717, 1.165) is 51.4 Å². The van der Waals surface area contributed by atoms with Crippen LogP contribution in [0.5, 0.6) is 0 Å². The number of anilines is 2. The molecule has 246 valence electrons. The summed E-state index contributed by atoms with van der Waals surface area (Å²) in [5.74, 6) is 1.74. The number of carboxylic acid groups (broad SMARTS) is 1. The number of pyridine rings is 1. The molecule has 48 heavy (non-hydrogen) atoms. The lowest BCUT2D eigenvalue weighted by Gasteiger charge is -2.56. The summed E-state index contributed by atoms with van der Waals surface area (Å²) in [7, 11) is 0. The first-order valence-electron chi connectivity index (χ1n) is 17.0.